The van der Waals surface area contributed by atoms with Crippen molar-refractivity contribution in [2.45, 2.75) is 26.2 Å². The smallest absolute Gasteiger partial charge is 0.165 e. The molecule has 1 rings (SSSR count). The first-order chi connectivity index (χ1) is 7.24. The molecule has 0 bridgehead atoms. The maximum absolute atomic E-state index is 11.6. The maximum atomic E-state index is 11.6. The number of nitrogens with two attached hydrogens (primary N) is 1. The molecule has 15 heavy (non-hydrogen) atoms. The van der Waals surface area contributed by atoms with Gasteiger partial charge in [-0.25, -0.2) is 9.97 Å². The van der Waals surface area contributed by atoms with Crippen molar-refractivity contribution in [2.75, 3.05) is 6.54 Å². The van der Waals surface area contributed by atoms with E-state index in [0.29, 0.717) is 24.4 Å². The van der Waals surface area contributed by atoms with E-state index in [-0.39, 0.29) is 5.78 Å². The lowest BCUT2D eigenvalue weighted by molar-refractivity contribution is 0.0973. The number of Topliss-reactive ketones (excluding diaryl/α,β-unsaturated/α-hetero) is 1. The number of rotatable bonds is 6. The highest BCUT2D eigenvalue weighted by Gasteiger charge is 2.08. The third-order valence-corrected chi connectivity index (χ3v) is 2.41. The minimum atomic E-state index is 0.111. The molecule has 0 radical (unpaired) electrons. The Balaban J connectivity index is 2.37. The molecule has 0 aliphatic carbocycles. The Morgan fingerprint density at radius 2 is 2.07 bits per heavy atom. The average molecular weight is 207 g/mol. The second-order valence-electron chi connectivity index (χ2n) is 3.77. The van der Waals surface area contributed by atoms with Crippen LogP contribution in [0.15, 0.2) is 18.7 Å². The van der Waals surface area contributed by atoms with Gasteiger partial charge >= 0.3 is 0 Å². The molecule has 1 aromatic heterocycles. The van der Waals surface area contributed by atoms with Crippen molar-refractivity contribution in [2.24, 2.45) is 11.7 Å². The van der Waals surface area contributed by atoms with Crippen molar-refractivity contribution in [1.82, 2.24) is 9.97 Å². The van der Waals surface area contributed by atoms with Crippen molar-refractivity contribution in [3.63, 3.8) is 0 Å². The largest absolute Gasteiger partial charge is 0.330 e. The predicted octanol–water partition coefficient (Wildman–Crippen LogP) is 1.42. The van der Waals surface area contributed by atoms with Crippen molar-refractivity contribution in [1.29, 1.82) is 0 Å². The van der Waals surface area contributed by atoms with Gasteiger partial charge < -0.3 is 5.73 Å². The molecule has 1 aromatic rings. The molecule has 1 heterocycles. The van der Waals surface area contributed by atoms with E-state index in [1.54, 1.807) is 12.4 Å². The summed E-state index contributed by atoms with van der Waals surface area (Å²) in [5, 5.41) is 0. The van der Waals surface area contributed by atoms with Gasteiger partial charge in [-0.05, 0) is 25.3 Å². The Kier molecular flexibility index (Phi) is 4.90. The Labute approximate surface area is 89.9 Å². The Bertz CT molecular complexity index is 300. The van der Waals surface area contributed by atoms with Crippen LogP contribution in [0, 0.1) is 5.92 Å². The topological polar surface area (TPSA) is 68.9 Å². The molecule has 0 saturated heterocycles. The molecule has 0 spiro atoms. The number of aromatic nitrogens is 2. The zero-order valence-corrected chi connectivity index (χ0v) is 9.02. The van der Waals surface area contributed by atoms with Crippen LogP contribution in [0.1, 0.15) is 36.5 Å². The number of hydrogen-bond donors (Lipinski definition) is 1. The van der Waals surface area contributed by atoms with E-state index in [0.717, 1.165) is 12.8 Å². The number of ketones is 1. The first-order valence-corrected chi connectivity index (χ1v) is 5.22. The molecule has 0 aromatic carbocycles. The minimum absolute atomic E-state index is 0.111. The molecule has 4 heteroatoms. The van der Waals surface area contributed by atoms with Gasteiger partial charge in [-0.3, -0.25) is 4.79 Å². The molecule has 0 fully saturated rings. The predicted molar refractivity (Wildman–Crippen MR) is 58.4 cm³/mol. The van der Waals surface area contributed by atoms with Crippen LogP contribution in [-0.4, -0.2) is 22.3 Å². The molecule has 1 unspecified atom stereocenters. The fraction of sp³-hybridized carbons (Fsp3) is 0.545. The minimum Gasteiger partial charge on any atom is -0.330 e. The lowest BCUT2D eigenvalue weighted by atomic mass is 9.99. The fourth-order valence-corrected chi connectivity index (χ4v) is 1.39. The molecular formula is C11H17N3O. The normalized spacial score (nSPS) is 12.4. The summed E-state index contributed by atoms with van der Waals surface area (Å²) in [6.45, 7) is 2.80. The van der Waals surface area contributed by atoms with Crippen LogP contribution >= 0.6 is 0 Å². The summed E-state index contributed by atoms with van der Waals surface area (Å²) in [6.07, 6.45) is 6.94. The molecule has 1 atom stereocenters. The fourth-order valence-electron chi connectivity index (χ4n) is 1.39. The lowest BCUT2D eigenvalue weighted by Crippen LogP contribution is -2.08. The second kappa shape index (κ2) is 6.24. The van der Waals surface area contributed by atoms with Gasteiger partial charge in [0.2, 0.25) is 0 Å². The van der Waals surface area contributed by atoms with Gasteiger partial charge in [-0.15, -0.1) is 0 Å². The van der Waals surface area contributed by atoms with E-state index < -0.39 is 0 Å². The standard InChI is InChI=1S/C11H17N3O/c1-9(4-5-12)2-3-11(15)10-6-13-8-14-7-10/h6-9H,2-5,12H2,1H3. The monoisotopic (exact) mass is 207 g/mol. The molecule has 0 amide bonds. The van der Waals surface area contributed by atoms with Gasteiger partial charge in [0, 0.05) is 18.8 Å². The van der Waals surface area contributed by atoms with Crippen LogP contribution in [0.25, 0.3) is 0 Å². The Hall–Kier alpha value is -1.29. The zero-order chi connectivity index (χ0) is 11.1. The highest BCUT2D eigenvalue weighted by Crippen LogP contribution is 2.11. The summed E-state index contributed by atoms with van der Waals surface area (Å²) >= 11 is 0. The van der Waals surface area contributed by atoms with E-state index >= 15 is 0 Å². The van der Waals surface area contributed by atoms with Crippen molar-refractivity contribution in [3.8, 4) is 0 Å². The Morgan fingerprint density at radius 1 is 1.40 bits per heavy atom. The first-order valence-electron chi connectivity index (χ1n) is 5.22. The third kappa shape index (κ3) is 4.16. The van der Waals surface area contributed by atoms with E-state index in [2.05, 4.69) is 16.9 Å². The molecule has 0 saturated carbocycles. The van der Waals surface area contributed by atoms with Gasteiger partial charge in [0.05, 0.1) is 5.56 Å². The van der Waals surface area contributed by atoms with Crippen molar-refractivity contribution in [3.05, 3.63) is 24.3 Å². The number of hydrogen-bond acceptors (Lipinski definition) is 4. The Morgan fingerprint density at radius 3 is 2.67 bits per heavy atom. The van der Waals surface area contributed by atoms with Crippen LogP contribution in [0.5, 0.6) is 0 Å². The first kappa shape index (κ1) is 11.8. The zero-order valence-electron chi connectivity index (χ0n) is 9.02. The van der Waals surface area contributed by atoms with Gasteiger partial charge in [-0.2, -0.15) is 0 Å². The average Bonchev–Trinajstić information content (AvgIpc) is 2.27. The second-order valence-corrected chi connectivity index (χ2v) is 3.77. The van der Waals surface area contributed by atoms with Crippen LogP contribution in [0.3, 0.4) is 0 Å². The molecule has 2 N–H and O–H groups in total. The van der Waals surface area contributed by atoms with Gasteiger partial charge in [-0.1, -0.05) is 6.92 Å². The summed E-state index contributed by atoms with van der Waals surface area (Å²) in [5.74, 6) is 0.614. The summed E-state index contributed by atoms with van der Waals surface area (Å²) in [7, 11) is 0. The van der Waals surface area contributed by atoms with E-state index in [9.17, 15) is 4.79 Å². The maximum Gasteiger partial charge on any atom is 0.165 e. The third-order valence-electron chi connectivity index (χ3n) is 2.41. The van der Waals surface area contributed by atoms with Crippen LogP contribution in [-0.2, 0) is 0 Å². The number of nitrogens with zero attached hydrogens (tertiary/aromatic N) is 2. The molecule has 4 nitrogen and oxygen atoms in total. The number of carbonyl (C=O) groups is 1. The van der Waals surface area contributed by atoms with Gasteiger partial charge in [0.15, 0.2) is 5.78 Å². The highest BCUT2D eigenvalue weighted by atomic mass is 16.1. The van der Waals surface area contributed by atoms with Gasteiger partial charge in [0.1, 0.15) is 6.33 Å². The van der Waals surface area contributed by atoms with Gasteiger partial charge in [0.25, 0.3) is 0 Å². The molecule has 0 aliphatic rings. The van der Waals surface area contributed by atoms with Crippen LogP contribution in [0.2, 0.25) is 0 Å². The SMILES string of the molecule is CC(CCN)CCC(=O)c1cncnc1. The lowest BCUT2D eigenvalue weighted by Gasteiger charge is -2.08. The van der Waals surface area contributed by atoms with Crippen molar-refractivity contribution >= 4 is 5.78 Å². The quantitative estimate of drug-likeness (QED) is 0.716. The van der Waals surface area contributed by atoms with E-state index in [1.165, 1.54) is 6.33 Å². The van der Waals surface area contributed by atoms with Crippen molar-refractivity contribution < 1.29 is 4.79 Å². The summed E-state index contributed by atoms with van der Waals surface area (Å²) in [4.78, 5) is 19.3. The van der Waals surface area contributed by atoms with E-state index in [1.807, 2.05) is 0 Å². The molecule has 0 aliphatic heterocycles. The van der Waals surface area contributed by atoms with E-state index in [4.69, 9.17) is 5.73 Å². The molecule has 82 valence electrons. The summed E-state index contributed by atoms with van der Waals surface area (Å²) in [5.41, 5.74) is 6.04. The van der Waals surface area contributed by atoms with Crippen LogP contribution in [0.4, 0.5) is 0 Å². The number of carbonyl (C=O) groups excluding carboxylic acids is 1. The highest BCUT2D eigenvalue weighted by molar-refractivity contribution is 5.95. The summed E-state index contributed by atoms with van der Waals surface area (Å²) < 4.78 is 0. The summed E-state index contributed by atoms with van der Waals surface area (Å²) in [6, 6.07) is 0. The van der Waals surface area contributed by atoms with Crippen LogP contribution < -0.4 is 5.73 Å². The molecular weight excluding hydrogens is 190 g/mol.